The molecule has 0 aromatic heterocycles. The van der Waals surface area contributed by atoms with Crippen LogP contribution in [0.3, 0.4) is 0 Å². The van der Waals surface area contributed by atoms with Gasteiger partial charge >= 0.3 is 0 Å². The van der Waals surface area contributed by atoms with Gasteiger partial charge in [-0.15, -0.1) is 11.8 Å². The lowest BCUT2D eigenvalue weighted by Crippen LogP contribution is -2.46. The lowest BCUT2D eigenvalue weighted by atomic mass is 10.2. The van der Waals surface area contributed by atoms with Gasteiger partial charge in [0.25, 0.3) is 11.8 Å². The van der Waals surface area contributed by atoms with Crippen molar-refractivity contribution in [3.8, 4) is 11.8 Å². The van der Waals surface area contributed by atoms with Gasteiger partial charge in [-0.05, 0) is 50.2 Å². The van der Waals surface area contributed by atoms with E-state index in [-0.39, 0.29) is 17.8 Å². The molecule has 2 aromatic rings. The van der Waals surface area contributed by atoms with Gasteiger partial charge in [0, 0.05) is 4.90 Å². The van der Waals surface area contributed by atoms with Gasteiger partial charge in [0.05, 0.1) is 16.9 Å². The van der Waals surface area contributed by atoms with Crippen LogP contribution in [0.1, 0.15) is 18.1 Å². The van der Waals surface area contributed by atoms with Crippen molar-refractivity contribution in [2.75, 3.05) is 6.61 Å². The second-order valence-corrected chi connectivity index (χ2v) is 6.95. The number of hydrogen-bond donors (Lipinski definition) is 2. The molecule has 26 heavy (non-hydrogen) atoms. The van der Waals surface area contributed by atoms with Crippen molar-refractivity contribution in [1.82, 2.24) is 10.9 Å². The molecule has 0 saturated carbocycles. The van der Waals surface area contributed by atoms with E-state index in [1.54, 1.807) is 31.2 Å². The van der Waals surface area contributed by atoms with Crippen LogP contribution >= 0.6 is 11.8 Å². The van der Waals surface area contributed by atoms with E-state index in [0.717, 1.165) is 10.5 Å². The van der Waals surface area contributed by atoms with E-state index >= 15 is 0 Å². The Hall–Kier alpha value is -2.98. The monoisotopic (exact) mass is 369 g/mol. The second kappa shape index (κ2) is 9.49. The molecule has 0 saturated heterocycles. The number of nitrogens with one attached hydrogen (secondary N) is 2. The van der Waals surface area contributed by atoms with Crippen molar-refractivity contribution in [2.45, 2.75) is 24.0 Å². The minimum absolute atomic E-state index is 0.244. The van der Waals surface area contributed by atoms with Crippen LogP contribution in [0, 0.1) is 18.3 Å². The highest BCUT2D eigenvalue weighted by Crippen LogP contribution is 2.23. The summed E-state index contributed by atoms with van der Waals surface area (Å²) in [6.45, 7) is 3.52. The van der Waals surface area contributed by atoms with Gasteiger partial charge in [-0.3, -0.25) is 20.4 Å². The van der Waals surface area contributed by atoms with E-state index in [9.17, 15) is 9.59 Å². The number of nitrogens with zero attached hydrogens (tertiary/aromatic N) is 1. The Labute approximate surface area is 156 Å². The first-order valence-corrected chi connectivity index (χ1v) is 8.81. The van der Waals surface area contributed by atoms with Crippen LogP contribution in [-0.2, 0) is 9.59 Å². The zero-order valence-electron chi connectivity index (χ0n) is 14.5. The molecule has 0 aliphatic rings. The third-order valence-corrected chi connectivity index (χ3v) is 4.49. The maximum atomic E-state index is 12.0. The molecule has 0 heterocycles. The van der Waals surface area contributed by atoms with E-state index in [2.05, 4.69) is 10.9 Å². The first kappa shape index (κ1) is 19.3. The summed E-state index contributed by atoms with van der Waals surface area (Å²) < 4.78 is 5.29. The molecule has 7 heteroatoms. The molecule has 0 radical (unpaired) electrons. The molecule has 2 aromatic carbocycles. The van der Waals surface area contributed by atoms with E-state index < -0.39 is 5.91 Å². The Balaban J connectivity index is 1.72. The summed E-state index contributed by atoms with van der Waals surface area (Å²) in [7, 11) is 0. The topological polar surface area (TPSA) is 91.2 Å². The van der Waals surface area contributed by atoms with Crippen LogP contribution in [0.5, 0.6) is 5.75 Å². The minimum Gasteiger partial charge on any atom is -0.484 e. The predicted molar refractivity (Wildman–Crippen MR) is 99.4 cm³/mol. The summed E-state index contributed by atoms with van der Waals surface area (Å²) in [4.78, 5) is 24.8. The van der Waals surface area contributed by atoms with Crippen LogP contribution in [0.25, 0.3) is 0 Å². The number of carbonyl (C=O) groups is 2. The molecular formula is C19H19N3O3S. The van der Waals surface area contributed by atoms with Gasteiger partial charge in [-0.2, -0.15) is 5.26 Å². The van der Waals surface area contributed by atoms with Crippen LogP contribution in [-0.4, -0.2) is 23.7 Å². The van der Waals surface area contributed by atoms with Crippen molar-refractivity contribution in [3.63, 3.8) is 0 Å². The zero-order valence-corrected chi connectivity index (χ0v) is 15.3. The number of hydrazine groups is 1. The molecule has 0 unspecified atom stereocenters. The van der Waals surface area contributed by atoms with Gasteiger partial charge in [0.15, 0.2) is 6.61 Å². The smallest absolute Gasteiger partial charge is 0.276 e. The quantitative estimate of drug-likeness (QED) is 0.603. The number of benzene rings is 2. The van der Waals surface area contributed by atoms with Crippen molar-refractivity contribution >= 4 is 23.6 Å². The van der Waals surface area contributed by atoms with Crippen molar-refractivity contribution in [3.05, 3.63) is 59.7 Å². The van der Waals surface area contributed by atoms with E-state index in [0.29, 0.717) is 11.3 Å². The Bertz CT molecular complexity index is 798. The molecule has 134 valence electrons. The molecular weight excluding hydrogens is 350 g/mol. The highest BCUT2D eigenvalue weighted by molar-refractivity contribution is 8.00. The first-order chi connectivity index (χ1) is 12.5. The van der Waals surface area contributed by atoms with Gasteiger partial charge in [0.1, 0.15) is 5.75 Å². The fraction of sp³-hybridized carbons (Fsp3) is 0.211. The number of rotatable bonds is 6. The van der Waals surface area contributed by atoms with Crippen LogP contribution in [0.4, 0.5) is 0 Å². The number of amides is 2. The van der Waals surface area contributed by atoms with E-state index in [1.807, 2.05) is 37.3 Å². The Kier molecular flexibility index (Phi) is 7.06. The SMILES string of the molecule is Cc1ccc(S[C@@H](C)C(=O)NNC(=O)COc2ccc(C#N)cc2)cc1. The lowest BCUT2D eigenvalue weighted by Gasteiger charge is -2.13. The second-order valence-electron chi connectivity index (χ2n) is 5.54. The fourth-order valence-electron chi connectivity index (χ4n) is 1.92. The lowest BCUT2D eigenvalue weighted by molar-refractivity contribution is -0.129. The average molecular weight is 369 g/mol. The van der Waals surface area contributed by atoms with Crippen LogP contribution in [0.2, 0.25) is 0 Å². The highest BCUT2D eigenvalue weighted by atomic mass is 32.2. The normalized spacial score (nSPS) is 11.1. The highest BCUT2D eigenvalue weighted by Gasteiger charge is 2.15. The maximum Gasteiger partial charge on any atom is 0.276 e. The van der Waals surface area contributed by atoms with Gasteiger partial charge in [-0.25, -0.2) is 0 Å². The Morgan fingerprint density at radius 1 is 1.12 bits per heavy atom. The number of carbonyl (C=O) groups excluding carboxylic acids is 2. The molecule has 2 N–H and O–H groups in total. The van der Waals surface area contributed by atoms with Gasteiger partial charge in [-0.1, -0.05) is 17.7 Å². The molecule has 1 atom stereocenters. The van der Waals surface area contributed by atoms with E-state index in [1.165, 1.54) is 11.8 Å². The van der Waals surface area contributed by atoms with Crippen molar-refractivity contribution < 1.29 is 14.3 Å². The summed E-state index contributed by atoms with van der Waals surface area (Å²) in [6, 6.07) is 16.3. The van der Waals surface area contributed by atoms with Crippen molar-refractivity contribution in [2.24, 2.45) is 0 Å². The van der Waals surface area contributed by atoms with E-state index in [4.69, 9.17) is 10.00 Å². The summed E-state index contributed by atoms with van der Waals surface area (Å²) in [5.41, 5.74) is 6.37. The largest absolute Gasteiger partial charge is 0.484 e. The number of aryl methyl sites for hydroxylation is 1. The van der Waals surface area contributed by atoms with Gasteiger partial charge < -0.3 is 4.74 Å². The Morgan fingerprint density at radius 2 is 1.77 bits per heavy atom. The summed E-state index contributed by atoms with van der Waals surface area (Å²) >= 11 is 1.40. The molecule has 2 rings (SSSR count). The zero-order chi connectivity index (χ0) is 18.9. The number of thioether (sulfide) groups is 1. The van der Waals surface area contributed by atoms with Gasteiger partial charge in [0.2, 0.25) is 0 Å². The van der Waals surface area contributed by atoms with Crippen LogP contribution < -0.4 is 15.6 Å². The van der Waals surface area contributed by atoms with Crippen LogP contribution in [0.15, 0.2) is 53.4 Å². The Morgan fingerprint density at radius 3 is 2.38 bits per heavy atom. The third-order valence-electron chi connectivity index (χ3n) is 3.38. The number of hydrogen-bond acceptors (Lipinski definition) is 5. The minimum atomic E-state index is -0.477. The van der Waals surface area contributed by atoms with Crippen molar-refractivity contribution in [1.29, 1.82) is 5.26 Å². The maximum absolute atomic E-state index is 12.0. The molecule has 0 bridgehead atoms. The molecule has 0 spiro atoms. The first-order valence-electron chi connectivity index (χ1n) is 7.93. The molecule has 2 amide bonds. The molecule has 0 aliphatic carbocycles. The average Bonchev–Trinajstić information content (AvgIpc) is 2.66. The summed E-state index contributed by atoms with van der Waals surface area (Å²) in [5.74, 6) is -0.314. The molecule has 0 fully saturated rings. The summed E-state index contributed by atoms with van der Waals surface area (Å²) in [6.07, 6.45) is 0. The summed E-state index contributed by atoms with van der Waals surface area (Å²) in [5, 5.41) is 8.36. The fourth-order valence-corrected chi connectivity index (χ4v) is 2.79. The third kappa shape index (κ3) is 6.15. The number of ether oxygens (including phenoxy) is 1. The predicted octanol–water partition coefficient (Wildman–Crippen LogP) is 2.57. The standard InChI is InChI=1S/C19H19N3O3S/c1-13-3-9-17(10-4-13)26-14(2)19(24)22-21-18(23)12-25-16-7-5-15(11-20)6-8-16/h3-10,14H,12H2,1-2H3,(H,21,23)(H,22,24)/t14-/m0/s1. The molecule has 0 aliphatic heterocycles. The number of nitriles is 1. The molecule has 6 nitrogen and oxygen atoms in total.